The number of carbonyl (C=O) groups is 4. The van der Waals surface area contributed by atoms with Gasteiger partial charge in [0.1, 0.15) is 0 Å². The second-order valence-corrected chi connectivity index (χ2v) is 26.4. The smallest absolute Gasteiger partial charge is 0.335 e. The highest BCUT2D eigenvalue weighted by molar-refractivity contribution is 7.99. The molecule has 2 saturated carbocycles. The van der Waals surface area contributed by atoms with Crippen LogP contribution in [-0.4, -0.2) is 70.4 Å². The van der Waals surface area contributed by atoms with Crippen LogP contribution in [0, 0.1) is 18.8 Å². The number of ketones is 2. The van der Waals surface area contributed by atoms with Gasteiger partial charge in [0.05, 0.1) is 22.8 Å². The summed E-state index contributed by atoms with van der Waals surface area (Å²) in [6.45, 7) is 1.80. The van der Waals surface area contributed by atoms with Crippen LogP contribution in [0.15, 0.2) is 156 Å². The molecule has 10 rings (SSSR count). The molecule has 0 atom stereocenters. The summed E-state index contributed by atoms with van der Waals surface area (Å²) in [5.74, 6) is -1.18. The van der Waals surface area contributed by atoms with Crippen molar-refractivity contribution in [1.29, 1.82) is 0 Å². The van der Waals surface area contributed by atoms with E-state index in [0.29, 0.717) is 53.9 Å². The molecule has 2 fully saturated rings. The van der Waals surface area contributed by atoms with Crippen molar-refractivity contribution >= 4 is 111 Å². The van der Waals surface area contributed by atoms with Crippen molar-refractivity contribution < 1.29 is 36.0 Å². The molecule has 2 aliphatic rings. The number of aryl methyl sites for hydroxylation is 1. The van der Waals surface area contributed by atoms with E-state index in [1.165, 1.54) is 54.4 Å². The molecule has 8 aromatic rings. The lowest BCUT2D eigenvalue weighted by molar-refractivity contribution is 0.0915. The van der Waals surface area contributed by atoms with E-state index in [4.69, 9.17) is 9.97 Å². The van der Waals surface area contributed by atoms with Crippen molar-refractivity contribution in [2.24, 2.45) is 11.8 Å². The summed E-state index contributed by atoms with van der Waals surface area (Å²) >= 11 is 4.01. The fraction of sp³-hybridized carbons (Fsp3) is 0.245. The lowest BCUT2D eigenvalue weighted by atomic mass is 9.93. The van der Waals surface area contributed by atoms with Gasteiger partial charge in [0.15, 0.2) is 30.2 Å². The SMILES string of the molecule is Cc1ccc(N(C(=O)Nc2nc(CSc3ccccc3)c(S(=O)(=O)c3ncc[nH]3)s2)N(C(=O)Nc2nc(CSc3ccccc3)c(S(=O)(=O)c3ncc[nH]3)s2)c2ccccc2C(=O)C2CCCC2)c(C(=O)C2CCCC2)c1. The van der Waals surface area contributed by atoms with Crippen molar-refractivity contribution in [3.8, 4) is 0 Å². The average molecular weight is 1150 g/mol. The second-order valence-electron chi connectivity index (χ2n) is 18.2. The number of hydrazine groups is 1. The third kappa shape index (κ3) is 11.7. The summed E-state index contributed by atoms with van der Waals surface area (Å²) in [4.78, 5) is 85.6. The number of Topliss-reactive ketones (excluding diaryl/α,β-unsaturated/α-hetero) is 2. The summed E-state index contributed by atoms with van der Waals surface area (Å²) < 4.78 is 56.6. The Labute approximate surface area is 460 Å². The molecule has 18 nitrogen and oxygen atoms in total. The van der Waals surface area contributed by atoms with Crippen LogP contribution in [0.4, 0.5) is 31.2 Å². The van der Waals surface area contributed by atoms with Crippen molar-refractivity contribution in [3.05, 3.63) is 156 Å². The topological polar surface area (TPSA) is 250 Å². The Morgan fingerprint density at radius 1 is 0.584 bits per heavy atom. The molecule has 4 aromatic heterocycles. The highest BCUT2D eigenvalue weighted by Gasteiger charge is 2.39. The highest BCUT2D eigenvalue weighted by atomic mass is 32.2. The molecule has 2 aliphatic carbocycles. The minimum atomic E-state index is -4.33. The maximum absolute atomic E-state index is 15.8. The first kappa shape index (κ1) is 53.4. The van der Waals surface area contributed by atoms with Crippen molar-refractivity contribution in [2.75, 3.05) is 20.7 Å². The average Bonchev–Trinajstić information content (AvgIpc) is 4.33. The Kier molecular flexibility index (Phi) is 16.2. The van der Waals surface area contributed by atoms with Crippen LogP contribution in [0.2, 0.25) is 0 Å². The number of nitrogens with one attached hydrogen (secondary N) is 4. The molecule has 4 N–H and O–H groups in total. The number of rotatable bonds is 18. The standard InChI is InChI=1S/C53H50N10O8S6/c1-33-24-25-43(39(30-33)45(65)35-16-10-11-17-35)63(53(67)61-49-59-41(32-73-37-20-6-3-7-21-37)47(75-49)77(70,71)51-56-28-29-57-51)62(42-23-13-12-22-38(42)44(64)34-14-8-9-15-34)52(66)60-48-58-40(31-72-36-18-4-2-5-19-36)46(74-48)76(68,69)50-54-26-27-55-50/h2-7,12-13,18-30,34-35H,8-11,14-17,31-32H2,1H3,(H,54,55)(H,56,57)(H,58,60,66)(H,59,61,67). The molecular weight excluding hydrogens is 1100 g/mol. The lowest BCUT2D eigenvalue weighted by Crippen LogP contribution is -2.55. The molecule has 4 aromatic carbocycles. The molecule has 396 valence electrons. The van der Waals surface area contributed by atoms with Gasteiger partial charge in [-0.05, 0) is 81.1 Å². The molecule has 4 heterocycles. The maximum Gasteiger partial charge on any atom is 0.347 e. The number of amides is 4. The van der Waals surface area contributed by atoms with Crippen molar-refractivity contribution in [1.82, 2.24) is 29.9 Å². The molecular formula is C53H50N10O8S6. The maximum atomic E-state index is 15.8. The Morgan fingerprint density at radius 3 is 1.47 bits per heavy atom. The van der Waals surface area contributed by atoms with Gasteiger partial charge in [-0.1, -0.05) is 109 Å². The number of H-pyrrole nitrogens is 2. The van der Waals surface area contributed by atoms with E-state index in [1.807, 2.05) is 60.7 Å². The monoisotopic (exact) mass is 1150 g/mol. The molecule has 4 amide bonds. The number of sulfone groups is 2. The summed E-state index contributed by atoms with van der Waals surface area (Å²) in [7, 11) is -8.66. The van der Waals surface area contributed by atoms with E-state index in [0.717, 1.165) is 45.5 Å². The number of imidazole rings is 2. The van der Waals surface area contributed by atoms with Gasteiger partial charge in [-0.2, -0.15) is 10.0 Å². The fourth-order valence-electron chi connectivity index (χ4n) is 9.31. The molecule has 0 spiro atoms. The Hall–Kier alpha value is -6.96. The predicted octanol–water partition coefficient (Wildman–Crippen LogP) is 12.0. The minimum Gasteiger partial charge on any atom is -0.335 e. The quantitative estimate of drug-likeness (QED) is 0.0354. The van der Waals surface area contributed by atoms with E-state index in [2.05, 4.69) is 30.6 Å². The Balaban J connectivity index is 1.12. The third-order valence-electron chi connectivity index (χ3n) is 13.0. The van der Waals surface area contributed by atoms with Gasteiger partial charge in [0, 0.05) is 69.0 Å². The number of urea groups is 2. The Bertz CT molecular complexity index is 3660. The van der Waals surface area contributed by atoms with E-state index >= 15 is 9.59 Å². The number of aromatic amines is 2. The lowest BCUT2D eigenvalue weighted by Gasteiger charge is -2.36. The van der Waals surface area contributed by atoms with Crippen LogP contribution in [0.3, 0.4) is 0 Å². The molecule has 0 bridgehead atoms. The van der Waals surface area contributed by atoms with Gasteiger partial charge in [0.25, 0.3) is 19.7 Å². The number of nitrogens with zero attached hydrogens (tertiary/aromatic N) is 6. The molecule has 77 heavy (non-hydrogen) atoms. The zero-order valence-electron chi connectivity index (χ0n) is 41.2. The zero-order chi connectivity index (χ0) is 53.7. The summed E-state index contributed by atoms with van der Waals surface area (Å²) in [5, 5.41) is 6.46. The normalized spacial score (nSPS) is 14.1. The predicted molar refractivity (Wildman–Crippen MR) is 298 cm³/mol. The molecule has 0 aliphatic heterocycles. The molecule has 24 heteroatoms. The van der Waals surface area contributed by atoms with E-state index in [9.17, 15) is 26.4 Å². The van der Waals surface area contributed by atoms with Gasteiger partial charge in [0.2, 0.25) is 10.3 Å². The van der Waals surface area contributed by atoms with E-state index in [1.54, 1.807) is 43.3 Å². The van der Waals surface area contributed by atoms with Gasteiger partial charge >= 0.3 is 12.1 Å². The number of carbonyl (C=O) groups excluding carboxylic acids is 4. The largest absolute Gasteiger partial charge is 0.347 e. The van der Waals surface area contributed by atoms with Crippen molar-refractivity contribution in [3.63, 3.8) is 0 Å². The highest BCUT2D eigenvalue weighted by Crippen LogP contribution is 2.41. The molecule has 0 unspecified atom stereocenters. The Morgan fingerprint density at radius 2 is 1.01 bits per heavy atom. The number of hydrogen-bond acceptors (Lipinski definition) is 16. The second kappa shape index (κ2) is 23.3. The number of thiazole rings is 2. The zero-order valence-corrected chi connectivity index (χ0v) is 46.1. The van der Waals surface area contributed by atoms with E-state index < -0.39 is 43.6 Å². The first-order chi connectivity index (χ1) is 37.3. The van der Waals surface area contributed by atoms with Crippen LogP contribution in [0.5, 0.6) is 0 Å². The number of para-hydroxylation sites is 1. The summed E-state index contributed by atoms with van der Waals surface area (Å²) in [5.41, 5.74) is 1.05. The van der Waals surface area contributed by atoms with Gasteiger partial charge in [-0.15, -0.1) is 23.5 Å². The van der Waals surface area contributed by atoms with Gasteiger partial charge < -0.3 is 9.97 Å². The van der Waals surface area contributed by atoms with Gasteiger partial charge in [-0.25, -0.2) is 46.4 Å². The number of benzene rings is 4. The number of hydrogen-bond donors (Lipinski definition) is 4. The van der Waals surface area contributed by atoms with E-state index in [-0.39, 0.29) is 86.0 Å². The number of aromatic nitrogens is 6. The van der Waals surface area contributed by atoms with Crippen LogP contribution in [-0.2, 0) is 31.2 Å². The molecule has 0 saturated heterocycles. The number of thioether (sulfide) groups is 2. The van der Waals surface area contributed by atoms with Crippen molar-refractivity contribution in [2.45, 2.75) is 98.3 Å². The fourth-order valence-corrected chi connectivity index (χ4v) is 16.7. The van der Waals surface area contributed by atoms with Crippen LogP contribution < -0.4 is 20.7 Å². The summed E-state index contributed by atoms with van der Waals surface area (Å²) in [6.07, 6.45) is 11.1. The van der Waals surface area contributed by atoms with Crippen LogP contribution in [0.1, 0.15) is 89.0 Å². The minimum absolute atomic E-state index is 0.0386. The van der Waals surface area contributed by atoms with Crippen LogP contribution in [0.25, 0.3) is 0 Å². The van der Waals surface area contributed by atoms with Crippen LogP contribution >= 0.6 is 46.2 Å². The third-order valence-corrected chi connectivity index (χ3v) is 21.4. The first-order valence-electron chi connectivity index (χ1n) is 24.6. The summed E-state index contributed by atoms with van der Waals surface area (Å²) in [6, 6.07) is 27.7. The number of anilines is 4. The first-order valence-corrected chi connectivity index (χ1v) is 31.2. The van der Waals surface area contributed by atoms with Gasteiger partial charge in [-0.3, -0.25) is 20.2 Å². The molecule has 0 radical (unpaired) electrons.